The Morgan fingerprint density at radius 2 is 2.15 bits per heavy atom. The fourth-order valence-corrected chi connectivity index (χ4v) is 3.77. The van der Waals surface area contributed by atoms with Gasteiger partial charge in [0.2, 0.25) is 5.91 Å². The van der Waals surface area contributed by atoms with Crippen LogP contribution in [0.25, 0.3) is 0 Å². The number of carbonyl (C=O) groups excluding carboxylic acids is 1. The fraction of sp³-hybridized carbons (Fsp3) is 0.286. The van der Waals surface area contributed by atoms with E-state index in [9.17, 15) is 4.79 Å². The van der Waals surface area contributed by atoms with Crippen molar-refractivity contribution in [2.24, 2.45) is 0 Å². The summed E-state index contributed by atoms with van der Waals surface area (Å²) in [5, 5.41) is 0.594. The maximum absolute atomic E-state index is 12.2. The number of nitrogens with two attached hydrogens (primary N) is 1. The number of hydrogen-bond donors (Lipinski definition) is 1. The summed E-state index contributed by atoms with van der Waals surface area (Å²) in [7, 11) is 0. The molecule has 1 aliphatic heterocycles. The van der Waals surface area contributed by atoms with Crippen molar-refractivity contribution in [3.8, 4) is 0 Å². The number of rotatable bonds is 3. The first kappa shape index (κ1) is 13.5. The van der Waals surface area contributed by atoms with Gasteiger partial charge in [-0.1, -0.05) is 17.7 Å². The molecule has 0 aliphatic carbocycles. The minimum atomic E-state index is 0.152. The monoisotopic (exact) mass is 305 g/mol. The van der Waals surface area contributed by atoms with E-state index in [2.05, 4.69) is 36.2 Å². The number of thioether (sulfide) groups is 1. The average molecular weight is 305 g/mol. The van der Waals surface area contributed by atoms with Gasteiger partial charge in [0.15, 0.2) is 5.13 Å². The van der Waals surface area contributed by atoms with Crippen LogP contribution in [0.2, 0.25) is 0 Å². The third kappa shape index (κ3) is 2.81. The number of carbonyl (C=O) groups is 1. The zero-order chi connectivity index (χ0) is 14.1. The molecule has 3 rings (SSSR count). The van der Waals surface area contributed by atoms with E-state index in [-0.39, 0.29) is 5.91 Å². The number of thiazole rings is 1. The van der Waals surface area contributed by atoms with Crippen LogP contribution in [0.1, 0.15) is 16.1 Å². The summed E-state index contributed by atoms with van der Waals surface area (Å²) in [6.45, 7) is 3.30. The van der Waals surface area contributed by atoms with Crippen LogP contribution < -0.4 is 5.73 Å². The van der Waals surface area contributed by atoms with Crippen molar-refractivity contribution in [3.63, 3.8) is 0 Å². The molecule has 20 heavy (non-hydrogen) atoms. The standard InChI is InChI=1S/C14H15N3OS2/c1-9-2-4-10(5-3-9)19-8-13(18)17-6-11-12(7-17)20-14(15)16-11/h2-5H,6-8H2,1H3,(H2,15,16). The Bertz CT molecular complexity index is 613. The molecule has 6 heteroatoms. The Morgan fingerprint density at radius 1 is 1.40 bits per heavy atom. The summed E-state index contributed by atoms with van der Waals surface area (Å²) >= 11 is 3.06. The first-order chi connectivity index (χ1) is 9.61. The minimum absolute atomic E-state index is 0.152. The molecule has 2 heterocycles. The minimum Gasteiger partial charge on any atom is -0.375 e. The highest BCUT2D eigenvalue weighted by Crippen LogP contribution is 2.30. The summed E-state index contributed by atoms with van der Waals surface area (Å²) in [4.78, 5) is 20.5. The van der Waals surface area contributed by atoms with Gasteiger partial charge in [-0.25, -0.2) is 4.98 Å². The number of aryl methyl sites for hydroxylation is 1. The largest absolute Gasteiger partial charge is 0.375 e. The number of aromatic nitrogens is 1. The van der Waals surface area contributed by atoms with Crippen molar-refractivity contribution in [2.75, 3.05) is 11.5 Å². The molecule has 0 fully saturated rings. The van der Waals surface area contributed by atoms with E-state index < -0.39 is 0 Å². The zero-order valence-electron chi connectivity index (χ0n) is 11.1. The van der Waals surface area contributed by atoms with Crippen LogP contribution in [-0.2, 0) is 17.9 Å². The van der Waals surface area contributed by atoms with Crippen molar-refractivity contribution >= 4 is 34.1 Å². The highest BCUT2D eigenvalue weighted by atomic mass is 32.2. The summed E-state index contributed by atoms with van der Waals surface area (Å²) in [5.41, 5.74) is 7.85. The predicted octanol–water partition coefficient (Wildman–Crippen LogP) is 2.67. The topological polar surface area (TPSA) is 59.2 Å². The quantitative estimate of drug-likeness (QED) is 0.886. The summed E-state index contributed by atoms with van der Waals surface area (Å²) in [6.07, 6.45) is 0. The van der Waals surface area contributed by atoms with E-state index in [1.165, 1.54) is 16.9 Å². The van der Waals surface area contributed by atoms with Crippen molar-refractivity contribution in [3.05, 3.63) is 40.4 Å². The van der Waals surface area contributed by atoms with E-state index in [4.69, 9.17) is 5.73 Å². The summed E-state index contributed by atoms with van der Waals surface area (Å²) in [6, 6.07) is 8.23. The number of nitrogen functional groups attached to an aromatic ring is 1. The lowest BCUT2D eigenvalue weighted by Gasteiger charge is -2.15. The second kappa shape index (κ2) is 5.46. The maximum atomic E-state index is 12.2. The predicted molar refractivity (Wildman–Crippen MR) is 82.7 cm³/mol. The highest BCUT2D eigenvalue weighted by Gasteiger charge is 2.26. The maximum Gasteiger partial charge on any atom is 0.233 e. The molecule has 4 nitrogen and oxygen atoms in total. The molecule has 104 valence electrons. The molecule has 0 atom stereocenters. The molecule has 0 unspecified atom stereocenters. The van der Waals surface area contributed by atoms with E-state index in [1.807, 2.05) is 4.90 Å². The Labute approximate surface area is 126 Å². The lowest BCUT2D eigenvalue weighted by molar-refractivity contribution is -0.128. The molecule has 0 saturated heterocycles. The molecular formula is C14H15N3OS2. The van der Waals surface area contributed by atoms with Gasteiger partial charge in [-0.15, -0.1) is 23.1 Å². The van der Waals surface area contributed by atoms with Crippen molar-refractivity contribution in [2.45, 2.75) is 24.9 Å². The Kier molecular flexibility index (Phi) is 3.67. The molecule has 1 aromatic heterocycles. The number of hydrogen-bond acceptors (Lipinski definition) is 5. The molecule has 0 radical (unpaired) electrons. The number of benzene rings is 1. The van der Waals surface area contributed by atoms with Gasteiger partial charge in [0.25, 0.3) is 0 Å². The number of amides is 1. The van der Waals surface area contributed by atoms with Gasteiger partial charge in [0, 0.05) is 4.90 Å². The van der Waals surface area contributed by atoms with E-state index in [1.54, 1.807) is 11.8 Å². The van der Waals surface area contributed by atoms with E-state index >= 15 is 0 Å². The molecule has 1 aromatic carbocycles. The number of anilines is 1. The van der Waals surface area contributed by atoms with Gasteiger partial charge in [0.1, 0.15) is 0 Å². The van der Waals surface area contributed by atoms with Gasteiger partial charge < -0.3 is 10.6 Å². The fourth-order valence-electron chi connectivity index (χ4n) is 2.11. The van der Waals surface area contributed by atoms with Crippen LogP contribution in [0.15, 0.2) is 29.2 Å². The lowest BCUT2D eigenvalue weighted by Crippen LogP contribution is -2.27. The summed E-state index contributed by atoms with van der Waals surface area (Å²) < 4.78 is 0. The smallest absolute Gasteiger partial charge is 0.233 e. The van der Waals surface area contributed by atoms with Crippen molar-refractivity contribution in [1.29, 1.82) is 0 Å². The van der Waals surface area contributed by atoms with Gasteiger partial charge in [-0.05, 0) is 19.1 Å². The zero-order valence-corrected chi connectivity index (χ0v) is 12.8. The normalized spacial score (nSPS) is 13.6. The van der Waals surface area contributed by atoms with E-state index in [0.29, 0.717) is 24.0 Å². The number of fused-ring (bicyclic) bond motifs is 1. The molecule has 0 saturated carbocycles. The molecular weight excluding hydrogens is 290 g/mol. The molecule has 1 aliphatic rings. The molecule has 0 bridgehead atoms. The van der Waals surface area contributed by atoms with Crippen LogP contribution in [-0.4, -0.2) is 21.5 Å². The first-order valence-corrected chi connectivity index (χ1v) is 8.13. The van der Waals surface area contributed by atoms with Gasteiger partial charge in [-0.2, -0.15) is 0 Å². The SMILES string of the molecule is Cc1ccc(SCC(=O)N2Cc3nc(N)sc3C2)cc1. The first-order valence-electron chi connectivity index (χ1n) is 6.33. The van der Waals surface area contributed by atoms with Crippen LogP contribution in [0.3, 0.4) is 0 Å². The molecule has 2 aromatic rings. The lowest BCUT2D eigenvalue weighted by atomic mass is 10.2. The molecule has 1 amide bonds. The van der Waals surface area contributed by atoms with Crippen molar-refractivity contribution < 1.29 is 4.79 Å². The molecule has 2 N–H and O–H groups in total. The Balaban J connectivity index is 1.56. The molecule has 0 spiro atoms. The van der Waals surface area contributed by atoms with Crippen LogP contribution >= 0.6 is 23.1 Å². The van der Waals surface area contributed by atoms with Crippen LogP contribution in [0.4, 0.5) is 5.13 Å². The Hall–Kier alpha value is -1.53. The second-order valence-corrected chi connectivity index (χ2v) is 6.94. The van der Waals surface area contributed by atoms with Crippen LogP contribution in [0.5, 0.6) is 0 Å². The third-order valence-electron chi connectivity index (χ3n) is 3.21. The van der Waals surface area contributed by atoms with E-state index in [0.717, 1.165) is 15.5 Å². The number of nitrogens with zero attached hydrogens (tertiary/aromatic N) is 2. The Morgan fingerprint density at radius 3 is 2.85 bits per heavy atom. The van der Waals surface area contributed by atoms with Gasteiger partial charge in [0.05, 0.1) is 29.4 Å². The highest BCUT2D eigenvalue weighted by molar-refractivity contribution is 8.00. The van der Waals surface area contributed by atoms with Crippen LogP contribution in [0, 0.1) is 6.92 Å². The van der Waals surface area contributed by atoms with Gasteiger partial charge in [-0.3, -0.25) is 4.79 Å². The average Bonchev–Trinajstić information content (AvgIpc) is 2.95. The van der Waals surface area contributed by atoms with Gasteiger partial charge >= 0.3 is 0 Å². The second-order valence-electron chi connectivity index (χ2n) is 4.77. The van der Waals surface area contributed by atoms with Crippen molar-refractivity contribution in [1.82, 2.24) is 9.88 Å². The third-order valence-corrected chi connectivity index (χ3v) is 5.11. The summed E-state index contributed by atoms with van der Waals surface area (Å²) in [5.74, 6) is 0.618.